The number of benzene rings is 1. The van der Waals surface area contributed by atoms with Crippen LogP contribution >= 0.6 is 0 Å². The number of aromatic nitrogens is 6. The smallest absolute Gasteiger partial charge is 0.247 e. The Balaban J connectivity index is 0.00000134. The van der Waals surface area contributed by atoms with Gasteiger partial charge in [-0.15, -0.1) is 10.2 Å². The number of tetrazole rings is 1. The van der Waals surface area contributed by atoms with Gasteiger partial charge in [0.15, 0.2) is 11.6 Å². The third kappa shape index (κ3) is 8.19. The molecule has 0 bridgehead atoms. The minimum absolute atomic E-state index is 0.104. The number of aldehydes is 1. The lowest BCUT2D eigenvalue weighted by Gasteiger charge is -2.34. The van der Waals surface area contributed by atoms with Crippen molar-refractivity contribution in [2.75, 3.05) is 19.6 Å². The van der Waals surface area contributed by atoms with Gasteiger partial charge in [-0.1, -0.05) is 50.3 Å². The van der Waals surface area contributed by atoms with Crippen LogP contribution in [0.2, 0.25) is 0 Å². The molecule has 0 radical (unpaired) electrons. The molecule has 49 heavy (non-hydrogen) atoms. The number of rotatable bonds is 9. The molecule has 256 valence electrons. The monoisotopic (exact) mass is 662 g/mol. The summed E-state index contributed by atoms with van der Waals surface area (Å²) in [5.41, 5.74) is 9.02. The second-order valence-electron chi connectivity index (χ2n) is 14.9. The second kappa shape index (κ2) is 14.9. The van der Waals surface area contributed by atoms with Crippen molar-refractivity contribution in [1.29, 1.82) is 0 Å². The number of carbonyl (C=O) groups excluding carboxylic acids is 2. The Morgan fingerprint density at radius 3 is 2.55 bits per heavy atom. The van der Waals surface area contributed by atoms with Gasteiger partial charge in [-0.2, -0.15) is 5.21 Å². The summed E-state index contributed by atoms with van der Waals surface area (Å²) in [6.45, 7) is 11.5. The summed E-state index contributed by atoms with van der Waals surface area (Å²) in [4.78, 5) is 43.7. The van der Waals surface area contributed by atoms with Crippen LogP contribution in [0, 0.1) is 11.3 Å². The number of aromatic amines is 2. The molecule has 4 atom stereocenters. The summed E-state index contributed by atoms with van der Waals surface area (Å²) in [6, 6.07) is 14.2. The van der Waals surface area contributed by atoms with Gasteiger partial charge in [-0.05, 0) is 89.5 Å². The van der Waals surface area contributed by atoms with E-state index < -0.39 is 0 Å². The van der Waals surface area contributed by atoms with E-state index in [1.165, 1.54) is 35.1 Å². The van der Waals surface area contributed by atoms with Crippen LogP contribution in [-0.4, -0.2) is 62.3 Å². The van der Waals surface area contributed by atoms with Gasteiger partial charge in [0.2, 0.25) is 5.56 Å². The summed E-state index contributed by atoms with van der Waals surface area (Å²) in [7, 11) is 0. The standard InChI is InChI=1S/C37H43N7O2.C2H4O/c1-37(2,3)31-9-10-32-29(18-31)16-28-17-30(19-33(28)39-32)34(45)20-25(12-14-44-15-13-27(22-44)36-40-42-43-41-36)23-4-6-24(7-5-23)26-8-11-35(46)38-21-26;1-2-3/h4-8,11,16-17,21,25,27,31H,9-10,12-15,18-20,22H2,1-3H3,(H,38,46)(H,40,41,42,43);2H,1H3/p+1/t25-,27?,31-;/m0./s1. The van der Waals surface area contributed by atoms with Gasteiger partial charge >= 0.3 is 0 Å². The molecule has 3 aliphatic rings. The number of Topliss-reactive ketones (excluding diaryl/α,β-unsaturated/α-hetero) is 1. The topological polar surface area (TPSA) is 139 Å². The normalized spacial score (nSPS) is 20.4. The third-order valence-corrected chi connectivity index (χ3v) is 10.7. The van der Waals surface area contributed by atoms with E-state index in [0.717, 1.165) is 85.4 Å². The average molecular weight is 663 g/mol. The van der Waals surface area contributed by atoms with Crippen LogP contribution in [0.5, 0.6) is 0 Å². The van der Waals surface area contributed by atoms with Gasteiger partial charge < -0.3 is 14.7 Å². The molecule has 1 aliphatic heterocycles. The van der Waals surface area contributed by atoms with Gasteiger partial charge in [0, 0.05) is 49.2 Å². The lowest BCUT2D eigenvalue weighted by atomic mass is 9.71. The van der Waals surface area contributed by atoms with E-state index >= 15 is 0 Å². The zero-order chi connectivity index (χ0) is 34.5. The van der Waals surface area contributed by atoms with E-state index in [1.54, 1.807) is 12.3 Å². The minimum Gasteiger partial charge on any atom is -0.334 e. The Labute approximate surface area is 287 Å². The van der Waals surface area contributed by atoms with E-state index in [1.807, 2.05) is 6.07 Å². The molecule has 3 aromatic heterocycles. The lowest BCUT2D eigenvalue weighted by Crippen LogP contribution is -3.10. The van der Waals surface area contributed by atoms with Crippen molar-refractivity contribution in [2.24, 2.45) is 11.3 Å². The van der Waals surface area contributed by atoms with Crippen LogP contribution in [-0.2, 0) is 28.9 Å². The Morgan fingerprint density at radius 2 is 1.86 bits per heavy atom. The Bertz CT molecular complexity index is 1830. The number of carbonyl (C=O) groups is 2. The number of ketones is 1. The van der Waals surface area contributed by atoms with Gasteiger partial charge in [-0.3, -0.25) is 14.6 Å². The Kier molecular flexibility index (Phi) is 10.4. The quantitative estimate of drug-likeness (QED) is 0.225. The minimum atomic E-state index is -0.113. The number of likely N-dealkylation sites (tertiary alicyclic amines) is 1. The summed E-state index contributed by atoms with van der Waals surface area (Å²) >= 11 is 0. The number of fused-ring (bicyclic) bond motifs is 2. The first kappa shape index (κ1) is 34.3. The van der Waals surface area contributed by atoms with Crippen LogP contribution < -0.4 is 10.5 Å². The molecule has 2 aliphatic carbocycles. The average Bonchev–Trinajstić information content (AvgIpc) is 3.87. The molecule has 3 N–H and O–H groups in total. The van der Waals surface area contributed by atoms with E-state index in [9.17, 15) is 9.59 Å². The van der Waals surface area contributed by atoms with Gasteiger partial charge in [-0.25, -0.2) is 0 Å². The highest BCUT2D eigenvalue weighted by atomic mass is 16.1. The molecule has 0 spiro atoms. The van der Waals surface area contributed by atoms with Crippen molar-refractivity contribution in [3.8, 4) is 11.1 Å². The zero-order valence-electron chi connectivity index (χ0n) is 29.1. The Hall–Kier alpha value is -4.57. The fourth-order valence-corrected chi connectivity index (χ4v) is 7.71. The van der Waals surface area contributed by atoms with Crippen LogP contribution in [0.15, 0.2) is 59.0 Å². The largest absolute Gasteiger partial charge is 0.334 e. The number of nitrogens with zero attached hydrogens (tertiary/aromatic N) is 4. The zero-order valence-corrected chi connectivity index (χ0v) is 29.1. The number of pyridine rings is 2. The van der Waals surface area contributed by atoms with Gasteiger partial charge in [0.1, 0.15) is 6.29 Å². The summed E-state index contributed by atoms with van der Waals surface area (Å²) in [5.74, 6) is 2.11. The molecule has 1 fully saturated rings. The molecule has 4 heterocycles. The number of allylic oxidation sites excluding steroid dienone is 1. The molecule has 1 saturated heterocycles. The number of quaternary nitrogens is 1. The van der Waals surface area contributed by atoms with Gasteiger partial charge in [0.05, 0.1) is 31.2 Å². The van der Waals surface area contributed by atoms with E-state index in [-0.39, 0.29) is 22.7 Å². The lowest BCUT2D eigenvalue weighted by molar-refractivity contribution is -0.888. The SMILES string of the molecule is CC(C)(C)[C@H]1CCc2nc3c(cc2C1)C=C(C(=O)C[C@H](CC[NH+]1CCC(c2nn[nH]n2)C1)c1ccc(-c2ccc(=O)[nH]c2)cc1)C3.CC=O. The third-order valence-electron chi connectivity index (χ3n) is 10.7. The number of H-pyrrole nitrogens is 2. The van der Waals surface area contributed by atoms with E-state index in [4.69, 9.17) is 9.78 Å². The van der Waals surface area contributed by atoms with Crippen LogP contribution in [0.1, 0.15) is 99.1 Å². The highest BCUT2D eigenvalue weighted by Gasteiger charge is 2.33. The molecular weight excluding hydrogens is 614 g/mol. The van der Waals surface area contributed by atoms with Crippen molar-refractivity contribution < 1.29 is 14.5 Å². The second-order valence-corrected chi connectivity index (χ2v) is 14.9. The molecule has 7 rings (SSSR count). The molecule has 10 nitrogen and oxygen atoms in total. The fourth-order valence-electron chi connectivity index (χ4n) is 7.71. The molecular formula is C39H48N7O3+. The summed E-state index contributed by atoms with van der Waals surface area (Å²) < 4.78 is 0. The predicted molar refractivity (Wildman–Crippen MR) is 189 cm³/mol. The number of nitrogens with one attached hydrogen (secondary N) is 3. The Morgan fingerprint density at radius 1 is 1.08 bits per heavy atom. The summed E-state index contributed by atoms with van der Waals surface area (Å²) in [5, 5.41) is 14.8. The maximum absolute atomic E-state index is 14.0. The van der Waals surface area contributed by atoms with Crippen molar-refractivity contribution in [3.05, 3.63) is 98.5 Å². The molecule has 0 amide bonds. The first-order chi connectivity index (χ1) is 23.6. The van der Waals surface area contributed by atoms with Crippen LogP contribution in [0.3, 0.4) is 0 Å². The van der Waals surface area contributed by atoms with Crippen molar-refractivity contribution in [3.63, 3.8) is 0 Å². The summed E-state index contributed by atoms with van der Waals surface area (Å²) in [6.07, 6.45) is 11.0. The molecule has 4 aromatic rings. The predicted octanol–water partition coefficient (Wildman–Crippen LogP) is 4.45. The maximum Gasteiger partial charge on any atom is 0.247 e. The van der Waals surface area contributed by atoms with Crippen molar-refractivity contribution in [2.45, 2.75) is 84.5 Å². The van der Waals surface area contributed by atoms with Gasteiger partial charge in [0.25, 0.3) is 0 Å². The number of aryl methyl sites for hydroxylation is 1. The maximum atomic E-state index is 14.0. The van der Waals surface area contributed by atoms with E-state index in [2.05, 4.69) is 82.8 Å². The fraction of sp³-hybridized carbons (Fsp3) is 0.462. The van der Waals surface area contributed by atoms with E-state index in [0.29, 0.717) is 24.7 Å². The first-order valence-electron chi connectivity index (χ1n) is 17.6. The number of hydrogen-bond donors (Lipinski definition) is 3. The van der Waals surface area contributed by atoms with Crippen LogP contribution in [0.25, 0.3) is 17.2 Å². The molecule has 10 heteroatoms. The van der Waals surface area contributed by atoms with Crippen molar-refractivity contribution >= 4 is 18.1 Å². The number of hydrogen-bond acceptors (Lipinski definition) is 7. The highest BCUT2D eigenvalue weighted by Crippen LogP contribution is 2.39. The first-order valence-corrected chi connectivity index (χ1v) is 17.6. The molecule has 1 aromatic carbocycles. The van der Waals surface area contributed by atoms with Crippen molar-refractivity contribution in [1.82, 2.24) is 30.6 Å². The molecule has 0 saturated carbocycles. The van der Waals surface area contributed by atoms with Crippen LogP contribution in [0.4, 0.5) is 0 Å². The molecule has 2 unspecified atom stereocenters. The highest BCUT2D eigenvalue weighted by molar-refractivity contribution is 6.02.